The van der Waals surface area contributed by atoms with Crippen LogP contribution in [0.2, 0.25) is 0 Å². The fourth-order valence-electron chi connectivity index (χ4n) is 0. The van der Waals surface area contributed by atoms with E-state index in [1.165, 1.54) is 0 Å². The van der Waals surface area contributed by atoms with Gasteiger partial charge in [-0.2, -0.15) is 0 Å². The fourth-order valence-corrected chi connectivity index (χ4v) is 0. The van der Waals surface area contributed by atoms with Crippen LogP contribution in [0.4, 0.5) is 0 Å². The maximum Gasteiger partial charge on any atom is 0 e. The molecule has 78 heavy (non-hydrogen) atoms. The molecule has 0 rings (SSSR count). The first-order valence-corrected chi connectivity index (χ1v) is 0. The molecular formula is Y78. The van der Waals surface area contributed by atoms with Gasteiger partial charge in [0.15, 0.2) is 0 Å². The summed E-state index contributed by atoms with van der Waals surface area (Å²) < 4.78 is 0. The summed E-state index contributed by atoms with van der Waals surface area (Å²) in [6, 6.07) is 0. The molecule has 0 amide bonds. The second kappa shape index (κ2) is 578. The smallest absolute Gasteiger partial charge is 0 e. The van der Waals surface area contributed by atoms with Crippen LogP contribution in [-0.4, -0.2) is 0 Å². The van der Waals surface area contributed by atoms with Crippen LogP contribution in [0.25, 0.3) is 0 Å². The van der Waals surface area contributed by atoms with Gasteiger partial charge >= 0.3 is 0 Å². The number of hydrogen-bond donors (Lipinski definition) is 0. The maximum absolute atomic E-state index is 0. The Morgan fingerprint density at radius 3 is 0.0128 bits per heavy atom. The topological polar surface area (TPSA) is 0 Å². The van der Waals surface area contributed by atoms with Gasteiger partial charge in [-0.3, -0.25) is 0 Å². The molecule has 0 heterocycles. The van der Waals surface area contributed by atoms with Gasteiger partial charge in [-0.05, 0) is 0 Å². The van der Waals surface area contributed by atoms with Crippen molar-refractivity contribution >= 4 is 0 Å². The average molecular weight is 6930 g/mol. The molecule has 0 aromatic carbocycles. The van der Waals surface area contributed by atoms with E-state index in [0.717, 1.165) is 0 Å². The van der Waals surface area contributed by atoms with Gasteiger partial charge in [0.05, 0.1) is 0 Å². The van der Waals surface area contributed by atoms with E-state index in [0.29, 0.717) is 0 Å². The van der Waals surface area contributed by atoms with Crippen LogP contribution in [0.1, 0.15) is 0 Å². The molecule has 0 aromatic heterocycles. The molecule has 0 aliphatic heterocycles. The van der Waals surface area contributed by atoms with Crippen LogP contribution < -0.4 is 0 Å². The van der Waals surface area contributed by atoms with Gasteiger partial charge in [-0.25, -0.2) is 0 Å². The molecule has 0 spiro atoms. The quantitative estimate of drug-likeness (QED) is 0.316. The summed E-state index contributed by atoms with van der Waals surface area (Å²) in [6.45, 7) is 0. The minimum Gasteiger partial charge on any atom is 0 e. The standard InChI is InChI=1S/78Y. The van der Waals surface area contributed by atoms with Crippen molar-refractivity contribution in [2.45, 2.75) is 0 Å². The summed E-state index contributed by atoms with van der Waals surface area (Å²) in [6.07, 6.45) is 0. The van der Waals surface area contributed by atoms with Crippen molar-refractivity contribution in [3.8, 4) is 0 Å². The zero-order valence-electron chi connectivity index (χ0n) is 45.0. The number of rotatable bonds is 0. The SMILES string of the molecule is [Y].[Y].[Y].[Y].[Y].[Y].[Y].[Y].[Y].[Y].[Y].[Y].[Y].[Y].[Y].[Y].[Y].[Y].[Y].[Y].[Y].[Y].[Y].[Y].[Y].[Y].[Y].[Y].[Y].[Y].[Y].[Y].[Y].[Y].[Y].[Y].[Y].[Y].[Y].[Y].[Y].[Y].[Y].[Y].[Y].[Y].[Y].[Y].[Y].[Y].[Y].[Y].[Y].[Y].[Y].[Y].[Y].[Y].[Y].[Y].[Y].[Y].[Y].[Y].[Y].[Y].[Y].[Y].[Y].[Y].[Y].[Y].[Y].[Y].[Y].[Y].[Y].[Y]. The van der Waals surface area contributed by atoms with E-state index < -0.39 is 0 Å². The molecule has 0 N–H and O–H groups in total. The zero-order valence-corrected chi connectivity index (χ0v) is 266. The summed E-state index contributed by atoms with van der Waals surface area (Å²) in [5.41, 5.74) is 0. The van der Waals surface area contributed by atoms with E-state index in [-0.39, 0.29) is 2550 Å². The van der Waals surface area contributed by atoms with Gasteiger partial charge < -0.3 is 0 Å². The second-order valence-electron chi connectivity index (χ2n) is 0. The second-order valence-corrected chi connectivity index (χ2v) is 0. The normalized spacial score (nSPS) is 0. The molecule has 0 atom stereocenters. The molecule has 78 radical (unpaired) electrons. The Bertz CT molecular complexity index is 0. The third-order valence-corrected chi connectivity index (χ3v) is 0. The molecule has 0 bridgehead atoms. The first-order valence-electron chi connectivity index (χ1n) is 0. The van der Waals surface area contributed by atoms with Gasteiger partial charge in [0.25, 0.3) is 0 Å². The molecule has 0 aliphatic rings. The van der Waals surface area contributed by atoms with Crippen molar-refractivity contribution in [1.29, 1.82) is 0 Å². The first kappa shape index (κ1) is 589. The number of hydrogen-bond acceptors (Lipinski definition) is 0. The average Bonchev–Trinajstić information content (AvgIpc) is 0. The van der Waals surface area contributed by atoms with E-state index in [9.17, 15) is 0 Å². The first-order chi connectivity index (χ1) is 0. The summed E-state index contributed by atoms with van der Waals surface area (Å²) >= 11 is 0. The minimum atomic E-state index is 0. The molecule has 0 aliphatic carbocycles. The van der Waals surface area contributed by atoms with Crippen molar-refractivity contribution in [3.63, 3.8) is 0 Å². The Kier molecular flexibility index (Phi) is 4360. The molecule has 0 unspecified atom stereocenters. The molecule has 0 fully saturated rings. The minimum absolute atomic E-state index is 0. The maximum atomic E-state index is 0. The molecule has 0 saturated heterocycles. The van der Waals surface area contributed by atoms with Crippen LogP contribution in [0.3, 0.4) is 0 Å². The van der Waals surface area contributed by atoms with E-state index in [1.54, 1.807) is 0 Å². The van der Waals surface area contributed by atoms with Crippen LogP contribution in [0.5, 0.6) is 0 Å². The Morgan fingerprint density at radius 2 is 0.0128 bits per heavy atom. The van der Waals surface area contributed by atoms with Gasteiger partial charge in [-0.1, -0.05) is 0 Å². The van der Waals surface area contributed by atoms with Crippen molar-refractivity contribution < 1.29 is 2550 Å². The summed E-state index contributed by atoms with van der Waals surface area (Å²) in [4.78, 5) is 0. The van der Waals surface area contributed by atoms with Gasteiger partial charge in [0.2, 0.25) is 0 Å². The largest absolute Gasteiger partial charge is 0 e. The molecule has 78 heteroatoms. The third-order valence-electron chi connectivity index (χ3n) is 0. The Labute approximate surface area is 2450 Å². The summed E-state index contributed by atoms with van der Waals surface area (Å²) in [5.74, 6) is 0. The van der Waals surface area contributed by atoms with E-state index in [4.69, 9.17) is 0 Å². The van der Waals surface area contributed by atoms with Crippen LogP contribution in [0, 0.1) is 0 Å². The molecule has 234 valence electrons. The molecule has 0 nitrogen and oxygen atoms in total. The van der Waals surface area contributed by atoms with E-state index in [1.807, 2.05) is 0 Å². The van der Waals surface area contributed by atoms with Crippen LogP contribution in [0.15, 0.2) is 0 Å². The van der Waals surface area contributed by atoms with E-state index in [2.05, 4.69) is 0 Å². The predicted molar refractivity (Wildman–Crippen MR) is 0 cm³/mol. The molecule has 0 saturated carbocycles. The summed E-state index contributed by atoms with van der Waals surface area (Å²) in [5, 5.41) is 0. The fraction of sp³-hybridized carbons (Fsp3) is 0. The van der Waals surface area contributed by atoms with Crippen LogP contribution in [-0.2, 0) is 2550 Å². The van der Waals surface area contributed by atoms with Gasteiger partial charge in [-0.15, -0.1) is 0 Å². The monoisotopic (exact) mass is 6930 g/mol. The van der Waals surface area contributed by atoms with E-state index >= 15 is 0 Å². The Balaban J connectivity index is 0. The van der Waals surface area contributed by atoms with Crippen LogP contribution >= 0.6 is 0 Å². The van der Waals surface area contributed by atoms with Gasteiger partial charge in [0.1, 0.15) is 0 Å². The molecule has 0 aromatic rings. The van der Waals surface area contributed by atoms with Crippen molar-refractivity contribution in [2.24, 2.45) is 0 Å². The summed E-state index contributed by atoms with van der Waals surface area (Å²) in [7, 11) is 0. The Hall–Kier alpha value is 86.1. The predicted octanol–water partition coefficient (Wildman–Crippen LogP) is -0.195. The van der Waals surface area contributed by atoms with Crippen molar-refractivity contribution in [1.82, 2.24) is 0 Å². The van der Waals surface area contributed by atoms with Crippen molar-refractivity contribution in [2.75, 3.05) is 0 Å². The molecular weight excluding hydrogens is 6930 g/mol. The Morgan fingerprint density at radius 1 is 0.0128 bits per heavy atom. The van der Waals surface area contributed by atoms with Crippen molar-refractivity contribution in [3.05, 3.63) is 0 Å². The third kappa shape index (κ3) is 567. The zero-order chi connectivity index (χ0) is 0. The van der Waals surface area contributed by atoms with Gasteiger partial charge in [0, 0.05) is 2550 Å².